The highest BCUT2D eigenvalue weighted by molar-refractivity contribution is 9.10. The first kappa shape index (κ1) is 14.0. The molecule has 0 saturated carbocycles. The third-order valence-corrected chi connectivity index (χ3v) is 3.93. The number of hydrogen-bond donors (Lipinski definition) is 1. The molecule has 19 heavy (non-hydrogen) atoms. The molecule has 1 aromatic carbocycles. The highest BCUT2D eigenvalue weighted by Crippen LogP contribution is 2.26. The van der Waals surface area contributed by atoms with E-state index in [0.717, 1.165) is 0 Å². The van der Waals surface area contributed by atoms with Crippen LogP contribution in [0.4, 0.5) is 4.39 Å². The number of nitrogens with one attached hydrogen (secondary N) is 1. The Morgan fingerprint density at radius 2 is 2.16 bits per heavy atom. The van der Waals surface area contributed by atoms with Gasteiger partial charge in [-0.15, -0.1) is 0 Å². The molecule has 1 N–H and O–H groups in total. The van der Waals surface area contributed by atoms with Gasteiger partial charge in [0, 0.05) is 17.6 Å². The first-order chi connectivity index (χ1) is 8.85. The van der Waals surface area contributed by atoms with Gasteiger partial charge in [0.1, 0.15) is 11.4 Å². The van der Waals surface area contributed by atoms with Crippen LogP contribution in [-0.2, 0) is 4.79 Å². The van der Waals surface area contributed by atoms with Crippen molar-refractivity contribution in [3.63, 3.8) is 0 Å². The normalized spacial score (nSPS) is 18.1. The van der Waals surface area contributed by atoms with Crippen molar-refractivity contribution in [1.29, 1.82) is 0 Å². The summed E-state index contributed by atoms with van der Waals surface area (Å²) >= 11 is 3.18. The number of carbonyl (C=O) groups excluding carboxylic acids is 2. The van der Waals surface area contributed by atoms with Crippen molar-refractivity contribution in [2.24, 2.45) is 0 Å². The number of amides is 2. The van der Waals surface area contributed by atoms with Crippen molar-refractivity contribution in [3.05, 3.63) is 34.1 Å². The molecule has 1 aromatic rings. The highest BCUT2D eigenvalue weighted by atomic mass is 79.9. The first-order valence-electron chi connectivity index (χ1n) is 5.90. The number of halogens is 2. The fourth-order valence-corrected chi connectivity index (χ4v) is 2.60. The van der Waals surface area contributed by atoms with Crippen molar-refractivity contribution >= 4 is 27.7 Å². The molecule has 1 fully saturated rings. The maximum absolute atomic E-state index is 13.8. The highest BCUT2D eigenvalue weighted by Gasteiger charge is 2.41. The Labute approximate surface area is 119 Å². The molecule has 0 bridgehead atoms. The molecule has 2 rings (SSSR count). The largest absolute Gasteiger partial charge is 0.352 e. The third-order valence-electron chi connectivity index (χ3n) is 3.27. The van der Waals surface area contributed by atoms with Gasteiger partial charge in [0.15, 0.2) is 0 Å². The van der Waals surface area contributed by atoms with Gasteiger partial charge in [-0.25, -0.2) is 4.39 Å². The molecule has 0 spiro atoms. The molecule has 0 unspecified atom stereocenters. The molecule has 102 valence electrons. The van der Waals surface area contributed by atoms with Crippen molar-refractivity contribution in [2.45, 2.75) is 19.4 Å². The number of piperazine rings is 1. The van der Waals surface area contributed by atoms with Gasteiger partial charge in [0.2, 0.25) is 5.91 Å². The van der Waals surface area contributed by atoms with Crippen LogP contribution in [0.1, 0.15) is 24.2 Å². The number of benzene rings is 1. The topological polar surface area (TPSA) is 49.4 Å². The SMILES string of the molecule is CC1(C)C(=O)NCCN1C(=O)c1c(F)cccc1Br. The standard InChI is InChI=1S/C13H14BrFN2O2/c1-13(2)12(19)16-6-7-17(13)11(18)10-8(14)4-3-5-9(10)15/h3-5H,6-7H2,1-2H3,(H,16,19). The lowest BCUT2D eigenvalue weighted by molar-refractivity contribution is -0.133. The summed E-state index contributed by atoms with van der Waals surface area (Å²) < 4.78 is 14.2. The van der Waals surface area contributed by atoms with Crippen molar-refractivity contribution in [3.8, 4) is 0 Å². The predicted octanol–water partition coefficient (Wildman–Crippen LogP) is 1.94. The zero-order valence-corrected chi connectivity index (χ0v) is 12.3. The Kier molecular flexibility index (Phi) is 3.62. The summed E-state index contributed by atoms with van der Waals surface area (Å²) in [7, 11) is 0. The fourth-order valence-electron chi connectivity index (χ4n) is 2.09. The summed E-state index contributed by atoms with van der Waals surface area (Å²) in [4.78, 5) is 25.7. The van der Waals surface area contributed by atoms with E-state index >= 15 is 0 Å². The average Bonchev–Trinajstić information content (AvgIpc) is 2.32. The van der Waals surface area contributed by atoms with E-state index < -0.39 is 17.3 Å². The van der Waals surface area contributed by atoms with Gasteiger partial charge in [-0.2, -0.15) is 0 Å². The predicted molar refractivity (Wildman–Crippen MR) is 72.2 cm³/mol. The molecule has 1 heterocycles. The summed E-state index contributed by atoms with van der Waals surface area (Å²) in [5.41, 5.74) is -1.03. The minimum atomic E-state index is -0.989. The molecule has 2 amide bonds. The zero-order chi connectivity index (χ0) is 14.2. The summed E-state index contributed by atoms with van der Waals surface area (Å²) in [6.45, 7) is 4.03. The first-order valence-corrected chi connectivity index (χ1v) is 6.69. The number of carbonyl (C=O) groups is 2. The van der Waals surface area contributed by atoms with Crippen LogP contribution >= 0.6 is 15.9 Å². The van der Waals surface area contributed by atoms with Gasteiger partial charge in [-0.05, 0) is 41.9 Å². The van der Waals surface area contributed by atoms with Crippen LogP contribution in [0, 0.1) is 5.82 Å². The Bertz CT molecular complexity index is 525. The van der Waals surface area contributed by atoms with E-state index in [1.165, 1.54) is 17.0 Å². The van der Waals surface area contributed by atoms with Crippen molar-refractivity contribution < 1.29 is 14.0 Å². The maximum atomic E-state index is 13.8. The summed E-state index contributed by atoms with van der Waals surface area (Å²) in [5.74, 6) is -1.31. The maximum Gasteiger partial charge on any atom is 0.258 e. The Morgan fingerprint density at radius 3 is 2.79 bits per heavy atom. The van der Waals surface area contributed by atoms with Crippen LogP contribution in [0.5, 0.6) is 0 Å². The summed E-state index contributed by atoms with van der Waals surface area (Å²) in [6.07, 6.45) is 0. The lowest BCUT2D eigenvalue weighted by Gasteiger charge is -2.41. The number of hydrogen-bond acceptors (Lipinski definition) is 2. The lowest BCUT2D eigenvalue weighted by Crippen LogP contribution is -2.63. The molecule has 6 heteroatoms. The summed E-state index contributed by atoms with van der Waals surface area (Å²) in [5, 5.41) is 2.70. The van der Waals surface area contributed by atoms with Crippen molar-refractivity contribution in [2.75, 3.05) is 13.1 Å². The van der Waals surface area contributed by atoms with Crippen LogP contribution in [0.15, 0.2) is 22.7 Å². The second kappa shape index (κ2) is 4.92. The van der Waals surface area contributed by atoms with Crippen molar-refractivity contribution in [1.82, 2.24) is 10.2 Å². The van der Waals surface area contributed by atoms with Gasteiger partial charge in [-0.3, -0.25) is 9.59 Å². The summed E-state index contributed by atoms with van der Waals surface area (Å²) in [6, 6.07) is 4.35. The molecule has 0 atom stereocenters. The Morgan fingerprint density at radius 1 is 1.47 bits per heavy atom. The quantitative estimate of drug-likeness (QED) is 0.856. The lowest BCUT2D eigenvalue weighted by atomic mass is 9.97. The van der Waals surface area contributed by atoms with E-state index in [1.54, 1.807) is 19.9 Å². The zero-order valence-electron chi connectivity index (χ0n) is 10.7. The third kappa shape index (κ3) is 2.36. The van der Waals surface area contributed by atoms with E-state index in [0.29, 0.717) is 17.6 Å². The van der Waals surface area contributed by atoms with Crippen LogP contribution in [0.3, 0.4) is 0 Å². The molecule has 1 aliphatic heterocycles. The minimum absolute atomic E-state index is 0.0368. The molecule has 0 aliphatic carbocycles. The van der Waals surface area contributed by atoms with Gasteiger partial charge >= 0.3 is 0 Å². The smallest absolute Gasteiger partial charge is 0.258 e. The van der Waals surface area contributed by atoms with Gasteiger partial charge < -0.3 is 10.2 Å². The molecular formula is C13H14BrFN2O2. The Hall–Kier alpha value is -1.43. The van der Waals surface area contributed by atoms with E-state index in [4.69, 9.17) is 0 Å². The van der Waals surface area contributed by atoms with Gasteiger partial charge in [0.25, 0.3) is 5.91 Å². The molecule has 1 aliphatic rings. The van der Waals surface area contributed by atoms with E-state index in [9.17, 15) is 14.0 Å². The second-order valence-electron chi connectivity index (χ2n) is 4.87. The van der Waals surface area contributed by atoms with E-state index in [2.05, 4.69) is 21.2 Å². The van der Waals surface area contributed by atoms with Crippen LogP contribution in [-0.4, -0.2) is 35.3 Å². The van der Waals surface area contributed by atoms with Gasteiger partial charge in [0.05, 0.1) is 5.56 Å². The molecule has 1 saturated heterocycles. The Balaban J connectivity index is 2.41. The van der Waals surface area contributed by atoms with Crippen LogP contribution in [0.2, 0.25) is 0 Å². The molecular weight excluding hydrogens is 315 g/mol. The van der Waals surface area contributed by atoms with E-state index in [-0.39, 0.29) is 11.5 Å². The molecule has 0 radical (unpaired) electrons. The fraction of sp³-hybridized carbons (Fsp3) is 0.385. The monoisotopic (exact) mass is 328 g/mol. The van der Waals surface area contributed by atoms with Gasteiger partial charge in [-0.1, -0.05) is 6.07 Å². The van der Waals surface area contributed by atoms with Crippen LogP contribution in [0.25, 0.3) is 0 Å². The average molecular weight is 329 g/mol. The molecule has 4 nitrogen and oxygen atoms in total. The molecule has 0 aromatic heterocycles. The van der Waals surface area contributed by atoms with E-state index in [1.807, 2.05) is 0 Å². The minimum Gasteiger partial charge on any atom is -0.352 e. The second-order valence-corrected chi connectivity index (χ2v) is 5.72. The number of nitrogens with zero attached hydrogens (tertiary/aromatic N) is 1. The number of rotatable bonds is 1. The van der Waals surface area contributed by atoms with Crippen LogP contribution < -0.4 is 5.32 Å².